The number of sulfonamides is 1. The molecule has 0 aromatic heterocycles. The summed E-state index contributed by atoms with van der Waals surface area (Å²) in [5.74, 6) is -0.848. The van der Waals surface area contributed by atoms with Gasteiger partial charge in [0.1, 0.15) is 12.6 Å². The molecule has 0 aliphatic carbocycles. The van der Waals surface area contributed by atoms with Crippen molar-refractivity contribution in [3.8, 4) is 0 Å². The number of hydrogen-bond donors (Lipinski definition) is 1. The summed E-state index contributed by atoms with van der Waals surface area (Å²) in [4.78, 5) is 27.8. The van der Waals surface area contributed by atoms with Crippen molar-refractivity contribution in [1.82, 2.24) is 10.2 Å². The van der Waals surface area contributed by atoms with Gasteiger partial charge in [-0.15, -0.1) is 0 Å². The quantitative estimate of drug-likeness (QED) is 0.504. The molecule has 2 aromatic rings. The van der Waals surface area contributed by atoms with Crippen molar-refractivity contribution < 1.29 is 18.0 Å². The maximum Gasteiger partial charge on any atom is 0.244 e. The van der Waals surface area contributed by atoms with E-state index >= 15 is 0 Å². The summed E-state index contributed by atoms with van der Waals surface area (Å²) < 4.78 is 27.0. The fraction of sp³-hybridized carbons (Fsp3) is 0.417. The lowest BCUT2D eigenvalue weighted by molar-refractivity contribution is -0.140. The summed E-state index contributed by atoms with van der Waals surface area (Å²) in [6, 6.07) is 11.4. The standard InChI is InChI=1S/C24H31BrClN3O4S/c1-16-10-11-20(13-21(16)26)29(34(6,32)33)15-22(30)28(14-18-8-7-9-19(25)12-18)17(2)23(31)27-24(3,4)5/h7-13,17H,14-15H2,1-6H3,(H,27,31)/t17-/m1/s1. The Labute approximate surface area is 215 Å². The number of aryl methyl sites for hydroxylation is 1. The zero-order valence-corrected chi connectivity index (χ0v) is 23.4. The third-order valence-corrected chi connectivity index (χ3v) is 7.07. The van der Waals surface area contributed by atoms with Crippen LogP contribution in [0.15, 0.2) is 46.9 Å². The average Bonchev–Trinajstić information content (AvgIpc) is 2.69. The van der Waals surface area contributed by atoms with Crippen molar-refractivity contribution in [3.05, 3.63) is 63.1 Å². The monoisotopic (exact) mass is 571 g/mol. The minimum Gasteiger partial charge on any atom is -0.350 e. The van der Waals surface area contributed by atoms with Crippen molar-refractivity contribution >= 4 is 55.1 Å². The van der Waals surface area contributed by atoms with E-state index in [4.69, 9.17) is 11.6 Å². The van der Waals surface area contributed by atoms with Crippen molar-refractivity contribution in [2.24, 2.45) is 0 Å². The second-order valence-corrected chi connectivity index (χ2v) is 12.5. The number of amides is 2. The molecule has 1 atom stereocenters. The lowest BCUT2D eigenvalue weighted by Crippen LogP contribution is -2.54. The van der Waals surface area contributed by atoms with Crippen molar-refractivity contribution in [2.75, 3.05) is 17.1 Å². The van der Waals surface area contributed by atoms with Crippen molar-refractivity contribution in [2.45, 2.75) is 52.7 Å². The third kappa shape index (κ3) is 7.99. The Bertz CT molecular complexity index is 1170. The number of nitrogens with zero attached hydrogens (tertiary/aromatic N) is 2. The van der Waals surface area contributed by atoms with Gasteiger partial charge in [-0.2, -0.15) is 0 Å². The second kappa shape index (κ2) is 11.1. The molecule has 0 bridgehead atoms. The van der Waals surface area contributed by atoms with E-state index in [0.29, 0.717) is 5.02 Å². The fourth-order valence-electron chi connectivity index (χ4n) is 3.24. The highest BCUT2D eigenvalue weighted by molar-refractivity contribution is 9.10. The number of anilines is 1. The van der Waals surface area contributed by atoms with Crippen LogP contribution in [0.1, 0.15) is 38.8 Å². The van der Waals surface area contributed by atoms with Crippen LogP contribution in [0.3, 0.4) is 0 Å². The van der Waals surface area contributed by atoms with Gasteiger partial charge >= 0.3 is 0 Å². The highest BCUT2D eigenvalue weighted by Gasteiger charge is 2.31. The van der Waals surface area contributed by atoms with E-state index in [0.717, 1.165) is 26.2 Å². The van der Waals surface area contributed by atoms with Crippen LogP contribution in [-0.2, 0) is 26.2 Å². The predicted octanol–water partition coefficient (Wildman–Crippen LogP) is 4.51. The molecule has 10 heteroatoms. The van der Waals surface area contributed by atoms with Crippen LogP contribution >= 0.6 is 27.5 Å². The lowest BCUT2D eigenvalue weighted by Gasteiger charge is -2.33. The van der Waals surface area contributed by atoms with E-state index in [2.05, 4.69) is 21.2 Å². The van der Waals surface area contributed by atoms with Crippen molar-refractivity contribution in [3.63, 3.8) is 0 Å². The number of carbonyl (C=O) groups excluding carboxylic acids is 2. The molecule has 0 spiro atoms. The minimum absolute atomic E-state index is 0.128. The maximum absolute atomic E-state index is 13.5. The molecule has 0 aliphatic heterocycles. The first-order valence-electron chi connectivity index (χ1n) is 10.7. The van der Waals surface area contributed by atoms with Crippen LogP contribution in [0.25, 0.3) is 0 Å². The summed E-state index contributed by atoms with van der Waals surface area (Å²) in [6.07, 6.45) is 1.03. The average molecular weight is 573 g/mol. The molecule has 0 saturated heterocycles. The minimum atomic E-state index is -3.81. The van der Waals surface area contributed by atoms with Crippen LogP contribution in [0.5, 0.6) is 0 Å². The molecule has 186 valence electrons. The Morgan fingerprint density at radius 1 is 1.15 bits per heavy atom. The molecular formula is C24H31BrClN3O4S. The number of nitrogens with one attached hydrogen (secondary N) is 1. The van der Waals surface area contributed by atoms with E-state index in [1.165, 1.54) is 11.0 Å². The van der Waals surface area contributed by atoms with Crippen LogP contribution in [0, 0.1) is 6.92 Å². The van der Waals surface area contributed by atoms with Crippen LogP contribution in [0.4, 0.5) is 5.69 Å². The first-order chi connectivity index (χ1) is 15.6. The topological polar surface area (TPSA) is 86.8 Å². The van der Waals surface area contributed by atoms with Crippen LogP contribution < -0.4 is 9.62 Å². The van der Waals surface area contributed by atoms with Gasteiger partial charge in [-0.1, -0.05) is 45.7 Å². The van der Waals surface area contributed by atoms with Gasteiger partial charge in [-0.05, 0) is 70.0 Å². The molecule has 0 saturated carbocycles. The molecular weight excluding hydrogens is 542 g/mol. The number of rotatable bonds is 8. The highest BCUT2D eigenvalue weighted by Crippen LogP contribution is 2.25. The van der Waals surface area contributed by atoms with Gasteiger partial charge in [-0.25, -0.2) is 8.42 Å². The molecule has 0 heterocycles. The normalized spacial score (nSPS) is 12.7. The Morgan fingerprint density at radius 3 is 2.32 bits per heavy atom. The smallest absolute Gasteiger partial charge is 0.244 e. The maximum atomic E-state index is 13.5. The molecule has 2 amide bonds. The number of benzene rings is 2. The number of halogens is 2. The molecule has 0 unspecified atom stereocenters. The summed E-state index contributed by atoms with van der Waals surface area (Å²) in [7, 11) is -3.81. The zero-order chi connectivity index (χ0) is 25.8. The molecule has 0 aliphatic rings. The summed E-state index contributed by atoms with van der Waals surface area (Å²) in [5.41, 5.74) is 1.37. The Hall–Kier alpha value is -2.10. The first-order valence-corrected chi connectivity index (χ1v) is 13.7. The predicted molar refractivity (Wildman–Crippen MR) is 140 cm³/mol. The summed E-state index contributed by atoms with van der Waals surface area (Å²) in [6.45, 7) is 8.64. The number of hydrogen-bond acceptors (Lipinski definition) is 4. The molecule has 2 aromatic carbocycles. The van der Waals surface area contributed by atoms with Gasteiger partial charge in [-0.3, -0.25) is 13.9 Å². The molecule has 7 nitrogen and oxygen atoms in total. The van der Waals surface area contributed by atoms with E-state index in [1.807, 2.05) is 45.0 Å². The SMILES string of the molecule is Cc1ccc(N(CC(=O)N(Cc2cccc(Br)c2)[C@H](C)C(=O)NC(C)(C)C)S(C)(=O)=O)cc1Cl. The Balaban J connectivity index is 2.43. The van der Waals surface area contributed by atoms with Crippen molar-refractivity contribution in [1.29, 1.82) is 0 Å². The largest absolute Gasteiger partial charge is 0.350 e. The lowest BCUT2D eigenvalue weighted by atomic mass is 10.1. The van der Waals surface area contributed by atoms with Crippen LogP contribution in [0.2, 0.25) is 5.02 Å². The highest BCUT2D eigenvalue weighted by atomic mass is 79.9. The van der Waals surface area contributed by atoms with Gasteiger partial charge in [0.2, 0.25) is 21.8 Å². The Kier molecular flexibility index (Phi) is 9.18. The number of carbonyl (C=O) groups is 2. The molecule has 0 radical (unpaired) electrons. The van der Waals surface area contributed by atoms with E-state index in [9.17, 15) is 18.0 Å². The van der Waals surface area contributed by atoms with Gasteiger partial charge < -0.3 is 10.2 Å². The van der Waals surface area contributed by atoms with E-state index in [1.54, 1.807) is 26.0 Å². The van der Waals surface area contributed by atoms with Gasteiger partial charge in [0.15, 0.2) is 0 Å². The fourth-order valence-corrected chi connectivity index (χ4v) is 4.70. The zero-order valence-electron chi connectivity index (χ0n) is 20.2. The van der Waals surface area contributed by atoms with Gasteiger partial charge in [0.25, 0.3) is 0 Å². The molecule has 2 rings (SSSR count). The second-order valence-electron chi connectivity index (χ2n) is 9.27. The van der Waals surface area contributed by atoms with Gasteiger partial charge in [0, 0.05) is 21.6 Å². The van der Waals surface area contributed by atoms with Gasteiger partial charge in [0.05, 0.1) is 11.9 Å². The van der Waals surface area contributed by atoms with Crippen LogP contribution in [-0.4, -0.2) is 49.5 Å². The van der Waals surface area contributed by atoms with E-state index < -0.39 is 34.1 Å². The summed E-state index contributed by atoms with van der Waals surface area (Å²) >= 11 is 9.63. The first kappa shape index (κ1) is 28.1. The Morgan fingerprint density at radius 2 is 1.79 bits per heavy atom. The third-order valence-electron chi connectivity index (χ3n) is 5.03. The molecule has 34 heavy (non-hydrogen) atoms. The summed E-state index contributed by atoms with van der Waals surface area (Å²) in [5, 5.41) is 3.28. The molecule has 0 fully saturated rings. The van der Waals surface area contributed by atoms with E-state index in [-0.39, 0.29) is 18.1 Å². The molecule has 1 N–H and O–H groups in total.